The SMILES string of the molecule is CN(C)S(=O)(=O)c1ccc(NCCC(N)=O)c(N)c1. The van der Waals surface area contributed by atoms with Crippen LogP contribution in [0, 0.1) is 0 Å². The van der Waals surface area contributed by atoms with Crippen LogP contribution in [0.4, 0.5) is 11.4 Å². The van der Waals surface area contributed by atoms with Crippen molar-refractivity contribution in [2.24, 2.45) is 5.73 Å². The second-order valence-corrected chi connectivity index (χ2v) is 6.33. The van der Waals surface area contributed by atoms with Gasteiger partial charge in [0.25, 0.3) is 0 Å². The number of primary amides is 1. The lowest BCUT2D eigenvalue weighted by molar-refractivity contribution is -0.117. The molecule has 7 nitrogen and oxygen atoms in total. The number of carbonyl (C=O) groups excluding carboxylic acids is 1. The van der Waals surface area contributed by atoms with Crippen LogP contribution in [-0.4, -0.2) is 39.3 Å². The van der Waals surface area contributed by atoms with E-state index in [-0.39, 0.29) is 11.3 Å². The summed E-state index contributed by atoms with van der Waals surface area (Å²) in [5, 5.41) is 2.92. The van der Waals surface area contributed by atoms with Crippen molar-refractivity contribution < 1.29 is 13.2 Å². The number of nitrogens with two attached hydrogens (primary N) is 2. The van der Waals surface area contributed by atoms with Gasteiger partial charge in [0.2, 0.25) is 15.9 Å². The second kappa shape index (κ2) is 5.89. The van der Waals surface area contributed by atoms with E-state index in [1.165, 1.54) is 26.2 Å². The molecule has 0 atom stereocenters. The largest absolute Gasteiger partial charge is 0.397 e. The van der Waals surface area contributed by atoms with Gasteiger partial charge in [0.05, 0.1) is 16.3 Å². The summed E-state index contributed by atoms with van der Waals surface area (Å²) < 4.78 is 24.9. The standard InChI is InChI=1S/C11H18N4O3S/c1-15(2)19(17,18)8-3-4-10(9(12)7-8)14-6-5-11(13)16/h3-4,7,14H,5-6,12H2,1-2H3,(H2,13,16). The molecule has 1 rings (SSSR count). The third kappa shape index (κ3) is 3.83. The smallest absolute Gasteiger partial charge is 0.242 e. The van der Waals surface area contributed by atoms with Crippen molar-refractivity contribution in [3.63, 3.8) is 0 Å². The average Bonchev–Trinajstić information content (AvgIpc) is 2.30. The average molecular weight is 286 g/mol. The zero-order chi connectivity index (χ0) is 14.6. The first-order chi connectivity index (χ1) is 8.75. The fourth-order valence-corrected chi connectivity index (χ4v) is 2.33. The monoisotopic (exact) mass is 286 g/mol. The van der Waals surface area contributed by atoms with Gasteiger partial charge in [-0.15, -0.1) is 0 Å². The Hall–Kier alpha value is -1.80. The molecule has 1 amide bonds. The van der Waals surface area contributed by atoms with Gasteiger partial charge in [-0.25, -0.2) is 12.7 Å². The predicted octanol–water partition coefficient (Wildman–Crippen LogP) is -0.194. The number of nitrogens with zero attached hydrogens (tertiary/aromatic N) is 1. The number of hydrogen-bond acceptors (Lipinski definition) is 5. The molecular formula is C11H18N4O3S. The van der Waals surface area contributed by atoms with Gasteiger partial charge >= 0.3 is 0 Å². The van der Waals surface area contributed by atoms with Gasteiger partial charge < -0.3 is 16.8 Å². The highest BCUT2D eigenvalue weighted by atomic mass is 32.2. The van der Waals surface area contributed by atoms with Crippen LogP contribution in [0.2, 0.25) is 0 Å². The van der Waals surface area contributed by atoms with Gasteiger partial charge in [-0.05, 0) is 18.2 Å². The molecule has 0 saturated heterocycles. The number of benzene rings is 1. The van der Waals surface area contributed by atoms with Crippen LogP contribution in [0.25, 0.3) is 0 Å². The van der Waals surface area contributed by atoms with E-state index in [9.17, 15) is 13.2 Å². The molecule has 1 aromatic rings. The lowest BCUT2D eigenvalue weighted by atomic mass is 10.2. The molecule has 19 heavy (non-hydrogen) atoms. The van der Waals surface area contributed by atoms with Crippen molar-refractivity contribution in [2.75, 3.05) is 31.7 Å². The molecule has 0 unspecified atom stereocenters. The summed E-state index contributed by atoms with van der Waals surface area (Å²) in [5.74, 6) is -0.419. The van der Waals surface area contributed by atoms with E-state index >= 15 is 0 Å². The molecular weight excluding hydrogens is 268 g/mol. The summed E-state index contributed by atoms with van der Waals surface area (Å²) in [6.07, 6.45) is 0.178. The first kappa shape index (κ1) is 15.3. The summed E-state index contributed by atoms with van der Waals surface area (Å²) in [7, 11) is -0.601. The van der Waals surface area contributed by atoms with Crippen LogP contribution in [0.15, 0.2) is 23.1 Å². The minimum absolute atomic E-state index is 0.121. The Balaban J connectivity index is 2.89. The highest BCUT2D eigenvalue weighted by Gasteiger charge is 2.17. The van der Waals surface area contributed by atoms with E-state index in [0.29, 0.717) is 17.9 Å². The normalized spacial score (nSPS) is 11.5. The molecule has 1 aromatic carbocycles. The molecule has 0 spiro atoms. The lowest BCUT2D eigenvalue weighted by Gasteiger charge is -2.14. The molecule has 8 heteroatoms. The van der Waals surface area contributed by atoms with E-state index in [4.69, 9.17) is 11.5 Å². The summed E-state index contributed by atoms with van der Waals surface area (Å²) in [6, 6.07) is 4.40. The zero-order valence-corrected chi connectivity index (χ0v) is 11.7. The van der Waals surface area contributed by atoms with Gasteiger partial charge in [0.15, 0.2) is 0 Å². The molecule has 0 aliphatic rings. The van der Waals surface area contributed by atoms with E-state index < -0.39 is 15.9 Å². The van der Waals surface area contributed by atoms with Crippen molar-refractivity contribution in [1.29, 1.82) is 0 Å². The predicted molar refractivity (Wildman–Crippen MR) is 74.0 cm³/mol. The number of hydrogen-bond donors (Lipinski definition) is 3. The van der Waals surface area contributed by atoms with Gasteiger partial charge in [-0.3, -0.25) is 4.79 Å². The van der Waals surface area contributed by atoms with Crippen LogP contribution in [0.1, 0.15) is 6.42 Å². The van der Waals surface area contributed by atoms with Gasteiger partial charge in [0, 0.05) is 27.1 Å². The molecule has 0 bridgehead atoms. The van der Waals surface area contributed by atoms with Crippen molar-refractivity contribution in [3.8, 4) is 0 Å². The summed E-state index contributed by atoms with van der Waals surface area (Å²) in [5.41, 5.74) is 11.7. The topological polar surface area (TPSA) is 119 Å². The minimum atomic E-state index is -3.50. The molecule has 0 aromatic heterocycles. The zero-order valence-electron chi connectivity index (χ0n) is 10.9. The van der Waals surface area contributed by atoms with E-state index in [1.54, 1.807) is 6.07 Å². The van der Waals surface area contributed by atoms with E-state index in [0.717, 1.165) is 4.31 Å². The molecule has 5 N–H and O–H groups in total. The fraction of sp³-hybridized carbons (Fsp3) is 0.364. The van der Waals surface area contributed by atoms with Crippen LogP contribution in [-0.2, 0) is 14.8 Å². The van der Waals surface area contributed by atoms with Crippen LogP contribution in [0.5, 0.6) is 0 Å². The molecule has 0 saturated carbocycles. The summed E-state index contributed by atoms with van der Waals surface area (Å²) in [4.78, 5) is 10.7. The van der Waals surface area contributed by atoms with Crippen molar-refractivity contribution in [2.45, 2.75) is 11.3 Å². The fourth-order valence-electron chi connectivity index (χ4n) is 1.39. The molecule has 0 aliphatic carbocycles. The van der Waals surface area contributed by atoms with E-state index in [1.807, 2.05) is 0 Å². The van der Waals surface area contributed by atoms with Gasteiger partial charge in [0.1, 0.15) is 0 Å². The maximum Gasteiger partial charge on any atom is 0.242 e. The van der Waals surface area contributed by atoms with Crippen LogP contribution in [0.3, 0.4) is 0 Å². The lowest BCUT2D eigenvalue weighted by Crippen LogP contribution is -2.22. The summed E-state index contributed by atoms with van der Waals surface area (Å²) in [6.45, 7) is 0.347. The number of carbonyl (C=O) groups is 1. The molecule has 0 radical (unpaired) electrons. The quantitative estimate of drug-likeness (QED) is 0.626. The first-order valence-electron chi connectivity index (χ1n) is 5.59. The minimum Gasteiger partial charge on any atom is -0.397 e. The third-order valence-electron chi connectivity index (χ3n) is 2.49. The highest BCUT2D eigenvalue weighted by Crippen LogP contribution is 2.23. The number of sulfonamides is 1. The third-order valence-corrected chi connectivity index (χ3v) is 4.30. The Kier molecular flexibility index (Phi) is 4.73. The number of rotatable bonds is 6. The number of amides is 1. The van der Waals surface area contributed by atoms with Gasteiger partial charge in [-0.1, -0.05) is 0 Å². The van der Waals surface area contributed by atoms with Crippen LogP contribution < -0.4 is 16.8 Å². The Morgan fingerprint density at radius 3 is 2.47 bits per heavy atom. The van der Waals surface area contributed by atoms with Crippen molar-refractivity contribution in [3.05, 3.63) is 18.2 Å². The Morgan fingerprint density at radius 2 is 2.00 bits per heavy atom. The van der Waals surface area contributed by atoms with Crippen molar-refractivity contribution >= 4 is 27.3 Å². The number of nitrogens with one attached hydrogen (secondary N) is 1. The maximum absolute atomic E-state index is 11.9. The number of anilines is 2. The van der Waals surface area contributed by atoms with Crippen LogP contribution >= 0.6 is 0 Å². The molecule has 106 valence electrons. The maximum atomic E-state index is 11.9. The van der Waals surface area contributed by atoms with Gasteiger partial charge in [-0.2, -0.15) is 0 Å². The van der Waals surface area contributed by atoms with E-state index in [2.05, 4.69) is 5.32 Å². The summed E-state index contributed by atoms with van der Waals surface area (Å²) >= 11 is 0. The van der Waals surface area contributed by atoms with Crippen molar-refractivity contribution in [1.82, 2.24) is 4.31 Å². The Morgan fingerprint density at radius 1 is 1.37 bits per heavy atom. The molecule has 0 aliphatic heterocycles. The Bertz CT molecular complexity index is 569. The molecule has 0 heterocycles. The number of nitrogen functional groups attached to an aromatic ring is 1. The second-order valence-electron chi connectivity index (χ2n) is 4.18. The Labute approximate surface area is 112 Å². The first-order valence-corrected chi connectivity index (χ1v) is 7.03. The highest BCUT2D eigenvalue weighted by molar-refractivity contribution is 7.89. The molecule has 0 fully saturated rings.